The van der Waals surface area contributed by atoms with Crippen LogP contribution in [0.1, 0.15) is 43.4 Å². The lowest BCUT2D eigenvalue weighted by Gasteiger charge is -2.17. The van der Waals surface area contributed by atoms with Gasteiger partial charge in [0, 0.05) is 5.56 Å². The van der Waals surface area contributed by atoms with Crippen LogP contribution in [0, 0.1) is 6.92 Å². The summed E-state index contributed by atoms with van der Waals surface area (Å²) >= 11 is 0. The number of phenolic OH excluding ortho intramolecular Hbond substituents is 1. The van der Waals surface area contributed by atoms with Crippen molar-refractivity contribution in [2.45, 2.75) is 33.6 Å². The smallest absolute Gasteiger partial charge is 0.282 e. The topological polar surface area (TPSA) is 85.9 Å². The van der Waals surface area contributed by atoms with E-state index in [0.717, 1.165) is 22.4 Å². The molecule has 1 aromatic heterocycles. The monoisotopic (exact) mass is 471 g/mol. The Hall–Kier alpha value is -4.13. The summed E-state index contributed by atoms with van der Waals surface area (Å²) in [5.74, 6) is 1.85. The molecule has 0 fully saturated rings. The maximum atomic E-state index is 13.5. The minimum absolute atomic E-state index is 0.0456. The number of benzene rings is 3. The predicted molar refractivity (Wildman–Crippen MR) is 139 cm³/mol. The molecule has 4 rings (SSSR count). The number of fused-ring (bicyclic) bond motifs is 1. The van der Waals surface area contributed by atoms with Crippen molar-refractivity contribution < 1.29 is 14.6 Å². The Bertz CT molecular complexity index is 1470. The summed E-state index contributed by atoms with van der Waals surface area (Å²) < 4.78 is 12.4. The van der Waals surface area contributed by atoms with Crippen LogP contribution in [0.2, 0.25) is 0 Å². The summed E-state index contributed by atoms with van der Waals surface area (Å²) in [6, 6.07) is 16.1. The molecule has 4 aromatic rings. The largest absolute Gasteiger partial charge is 0.504 e. The van der Waals surface area contributed by atoms with E-state index in [1.165, 1.54) is 10.7 Å². The van der Waals surface area contributed by atoms with Gasteiger partial charge in [-0.05, 0) is 78.9 Å². The van der Waals surface area contributed by atoms with Gasteiger partial charge in [0.2, 0.25) is 0 Å². The summed E-state index contributed by atoms with van der Waals surface area (Å²) in [6.07, 6.45) is 1.56. The van der Waals surface area contributed by atoms with E-state index < -0.39 is 0 Å². The van der Waals surface area contributed by atoms with E-state index in [1.54, 1.807) is 31.5 Å². The van der Waals surface area contributed by atoms with Crippen LogP contribution in [0.5, 0.6) is 17.2 Å². The Kier molecular flexibility index (Phi) is 6.87. The van der Waals surface area contributed by atoms with Gasteiger partial charge >= 0.3 is 0 Å². The molecule has 0 bridgehead atoms. The van der Waals surface area contributed by atoms with Crippen molar-refractivity contribution >= 4 is 17.1 Å². The zero-order chi connectivity index (χ0) is 25.1. The quantitative estimate of drug-likeness (QED) is 0.360. The molecule has 0 amide bonds. The van der Waals surface area contributed by atoms with Crippen molar-refractivity contribution in [2.75, 3.05) is 13.7 Å². The molecule has 35 heavy (non-hydrogen) atoms. The molecule has 3 aromatic carbocycles. The van der Waals surface area contributed by atoms with E-state index in [0.29, 0.717) is 34.6 Å². The number of rotatable bonds is 7. The van der Waals surface area contributed by atoms with Crippen molar-refractivity contribution in [1.82, 2.24) is 9.66 Å². The molecule has 0 aliphatic rings. The number of nitrogens with zero attached hydrogens (tertiary/aromatic N) is 3. The number of hydrogen-bond donors (Lipinski definition) is 1. The minimum atomic E-state index is -0.271. The van der Waals surface area contributed by atoms with Gasteiger partial charge in [-0.1, -0.05) is 26.0 Å². The zero-order valence-corrected chi connectivity index (χ0v) is 20.6. The van der Waals surface area contributed by atoms with E-state index in [2.05, 4.69) is 18.9 Å². The van der Waals surface area contributed by atoms with Gasteiger partial charge < -0.3 is 14.6 Å². The highest BCUT2D eigenvalue weighted by Crippen LogP contribution is 2.34. The van der Waals surface area contributed by atoms with Gasteiger partial charge in [-0.25, -0.2) is 4.98 Å². The van der Waals surface area contributed by atoms with Crippen LogP contribution in [0.15, 0.2) is 64.5 Å². The van der Waals surface area contributed by atoms with Gasteiger partial charge in [0.25, 0.3) is 5.56 Å². The van der Waals surface area contributed by atoms with Crippen LogP contribution in [0.4, 0.5) is 0 Å². The number of para-hydroxylation sites is 1. The van der Waals surface area contributed by atoms with Gasteiger partial charge in [0.15, 0.2) is 17.3 Å². The Morgan fingerprint density at radius 3 is 2.60 bits per heavy atom. The van der Waals surface area contributed by atoms with Gasteiger partial charge in [-0.15, -0.1) is 0 Å². The molecule has 180 valence electrons. The third-order valence-corrected chi connectivity index (χ3v) is 5.80. The number of hydrogen-bond acceptors (Lipinski definition) is 6. The SMILES string of the molecule is CCOc1cc(C=Nn2c(-c3cc(C(C)C)c(OC)cc3C)nc3ccccc3c2=O)ccc1O. The number of aryl methyl sites for hydroxylation is 1. The molecule has 0 atom stereocenters. The molecule has 1 N–H and O–H groups in total. The van der Waals surface area contributed by atoms with E-state index in [-0.39, 0.29) is 17.2 Å². The lowest BCUT2D eigenvalue weighted by molar-refractivity contribution is 0.318. The fourth-order valence-corrected chi connectivity index (χ4v) is 3.98. The molecule has 0 spiro atoms. The van der Waals surface area contributed by atoms with E-state index in [1.807, 2.05) is 44.2 Å². The fraction of sp³-hybridized carbons (Fsp3) is 0.250. The van der Waals surface area contributed by atoms with Crippen LogP contribution >= 0.6 is 0 Å². The molecular weight excluding hydrogens is 442 g/mol. The molecule has 0 radical (unpaired) electrons. The molecule has 0 saturated heterocycles. The van der Waals surface area contributed by atoms with Gasteiger partial charge in [-0.2, -0.15) is 9.78 Å². The number of aromatic nitrogens is 2. The van der Waals surface area contributed by atoms with Crippen molar-refractivity contribution in [1.29, 1.82) is 0 Å². The minimum Gasteiger partial charge on any atom is -0.504 e. The lowest BCUT2D eigenvalue weighted by Crippen LogP contribution is -2.20. The highest BCUT2D eigenvalue weighted by atomic mass is 16.5. The fourth-order valence-electron chi connectivity index (χ4n) is 3.98. The zero-order valence-electron chi connectivity index (χ0n) is 20.6. The number of methoxy groups -OCH3 is 1. The first-order valence-electron chi connectivity index (χ1n) is 11.5. The van der Waals surface area contributed by atoms with Crippen LogP contribution < -0.4 is 15.0 Å². The number of phenols is 1. The molecule has 7 nitrogen and oxygen atoms in total. The molecule has 7 heteroatoms. The van der Waals surface area contributed by atoms with Gasteiger partial charge in [0.1, 0.15) is 5.75 Å². The first kappa shape index (κ1) is 24.0. The molecule has 0 aliphatic heterocycles. The molecule has 0 aliphatic carbocycles. The highest BCUT2D eigenvalue weighted by molar-refractivity contribution is 5.83. The van der Waals surface area contributed by atoms with E-state index >= 15 is 0 Å². The van der Waals surface area contributed by atoms with E-state index in [9.17, 15) is 9.90 Å². The Labute approximate surface area is 204 Å². The predicted octanol–water partition coefficient (Wildman–Crippen LogP) is 5.49. The summed E-state index contributed by atoms with van der Waals surface area (Å²) in [5, 5.41) is 15.0. The van der Waals surface area contributed by atoms with Crippen LogP contribution in [0.25, 0.3) is 22.3 Å². The van der Waals surface area contributed by atoms with Crippen molar-refractivity contribution in [3.8, 4) is 28.6 Å². The maximum Gasteiger partial charge on any atom is 0.282 e. The summed E-state index contributed by atoms with van der Waals surface area (Å²) in [4.78, 5) is 18.4. The first-order valence-corrected chi connectivity index (χ1v) is 11.5. The Balaban J connectivity index is 1.95. The van der Waals surface area contributed by atoms with Crippen molar-refractivity contribution in [3.63, 3.8) is 0 Å². The second-order valence-electron chi connectivity index (χ2n) is 8.54. The first-order chi connectivity index (χ1) is 16.8. The van der Waals surface area contributed by atoms with Crippen molar-refractivity contribution in [3.05, 3.63) is 81.6 Å². The normalized spacial score (nSPS) is 11.5. The second-order valence-corrected chi connectivity index (χ2v) is 8.54. The Morgan fingerprint density at radius 1 is 1.11 bits per heavy atom. The second kappa shape index (κ2) is 10.0. The molecular formula is C28H29N3O4. The van der Waals surface area contributed by atoms with Crippen LogP contribution in [-0.2, 0) is 0 Å². The lowest BCUT2D eigenvalue weighted by atomic mass is 9.96. The van der Waals surface area contributed by atoms with Gasteiger partial charge in [0.05, 0.1) is 30.8 Å². The maximum absolute atomic E-state index is 13.5. The van der Waals surface area contributed by atoms with Gasteiger partial charge in [-0.3, -0.25) is 4.79 Å². The third-order valence-electron chi connectivity index (χ3n) is 5.80. The van der Waals surface area contributed by atoms with Crippen molar-refractivity contribution in [2.24, 2.45) is 5.10 Å². The Morgan fingerprint density at radius 2 is 1.89 bits per heavy atom. The number of aromatic hydroxyl groups is 1. The average Bonchev–Trinajstić information content (AvgIpc) is 2.85. The van der Waals surface area contributed by atoms with Crippen LogP contribution in [-0.4, -0.2) is 34.7 Å². The summed E-state index contributed by atoms with van der Waals surface area (Å²) in [7, 11) is 1.66. The third kappa shape index (κ3) is 4.75. The van der Waals surface area contributed by atoms with Crippen LogP contribution in [0.3, 0.4) is 0 Å². The highest BCUT2D eigenvalue weighted by Gasteiger charge is 2.18. The standard InChI is InChI=1S/C28H29N3O4/c1-6-35-26-14-19(11-12-24(26)32)16-29-31-27(30-23-10-8-7-9-20(23)28(31)33)22-15-21(17(2)3)25(34-5)13-18(22)4/h7-17,32H,6H2,1-5H3. The number of ether oxygens (including phenoxy) is 2. The molecule has 0 saturated carbocycles. The summed E-state index contributed by atoms with van der Waals surface area (Å²) in [5.41, 5.74) is 3.74. The van der Waals surface area contributed by atoms with E-state index in [4.69, 9.17) is 14.5 Å². The molecule has 1 heterocycles. The average molecular weight is 472 g/mol. The summed E-state index contributed by atoms with van der Waals surface area (Å²) in [6.45, 7) is 8.41. The molecule has 0 unspecified atom stereocenters.